The van der Waals surface area contributed by atoms with E-state index in [4.69, 9.17) is 9.72 Å². The van der Waals surface area contributed by atoms with Crippen molar-refractivity contribution in [1.29, 1.82) is 0 Å². The molecule has 0 saturated carbocycles. The molecule has 0 aliphatic carbocycles. The van der Waals surface area contributed by atoms with Gasteiger partial charge in [-0.25, -0.2) is 24.0 Å². The second kappa shape index (κ2) is 9.07. The summed E-state index contributed by atoms with van der Waals surface area (Å²) < 4.78 is 22.2. The van der Waals surface area contributed by atoms with Crippen LogP contribution >= 0.6 is 0 Å². The van der Waals surface area contributed by atoms with E-state index < -0.39 is 0 Å². The monoisotopic (exact) mass is 444 g/mol. The standard InChI is InChI=1S/C25H25FN6O/c1-31-12-9-17(10-13-31)22-7-6-19(24-20(26)4-3-5-23(24)33-2)25(30-22)32-15-18(14-29-32)21-8-11-27-16-28-21/h3-8,11,14-17H,9-10,12-13H2,1-2H3. The molecule has 0 spiro atoms. The van der Waals surface area contributed by atoms with Crippen LogP contribution in [0.1, 0.15) is 24.5 Å². The molecule has 0 unspecified atom stereocenters. The van der Waals surface area contributed by atoms with Crippen molar-refractivity contribution in [1.82, 2.24) is 29.6 Å². The zero-order valence-corrected chi connectivity index (χ0v) is 18.6. The highest BCUT2D eigenvalue weighted by molar-refractivity contribution is 5.77. The lowest BCUT2D eigenvalue weighted by molar-refractivity contribution is 0.253. The van der Waals surface area contributed by atoms with Crippen molar-refractivity contribution in [2.75, 3.05) is 27.2 Å². The minimum Gasteiger partial charge on any atom is -0.496 e. The number of benzene rings is 1. The summed E-state index contributed by atoms with van der Waals surface area (Å²) in [5.41, 5.74) is 3.58. The van der Waals surface area contributed by atoms with Gasteiger partial charge < -0.3 is 9.64 Å². The van der Waals surface area contributed by atoms with Crippen LogP contribution in [0.15, 0.2) is 61.3 Å². The van der Waals surface area contributed by atoms with Crippen LogP contribution in [0.5, 0.6) is 5.75 Å². The number of aromatic nitrogens is 5. The molecule has 3 aromatic heterocycles. The zero-order chi connectivity index (χ0) is 22.8. The lowest BCUT2D eigenvalue weighted by Crippen LogP contribution is -2.29. The SMILES string of the molecule is COc1cccc(F)c1-c1ccc(C2CCN(C)CC2)nc1-n1cc(-c2ccncn2)cn1. The molecule has 1 aromatic carbocycles. The molecule has 0 N–H and O–H groups in total. The van der Waals surface area contributed by atoms with Crippen molar-refractivity contribution in [3.05, 3.63) is 72.8 Å². The molecule has 8 heteroatoms. The maximum absolute atomic E-state index is 15.0. The van der Waals surface area contributed by atoms with Gasteiger partial charge in [0, 0.05) is 35.1 Å². The number of ether oxygens (including phenoxy) is 1. The van der Waals surface area contributed by atoms with Gasteiger partial charge in [-0.15, -0.1) is 0 Å². The van der Waals surface area contributed by atoms with Gasteiger partial charge in [0.15, 0.2) is 5.82 Å². The molecule has 4 heterocycles. The largest absolute Gasteiger partial charge is 0.496 e. The maximum atomic E-state index is 15.0. The smallest absolute Gasteiger partial charge is 0.161 e. The van der Waals surface area contributed by atoms with E-state index in [2.05, 4.69) is 27.0 Å². The normalized spacial score (nSPS) is 15.0. The van der Waals surface area contributed by atoms with Crippen LogP contribution < -0.4 is 4.74 Å². The molecule has 4 aromatic rings. The highest BCUT2D eigenvalue weighted by Gasteiger charge is 2.24. The molecule has 168 valence electrons. The second-order valence-corrected chi connectivity index (χ2v) is 8.27. The summed E-state index contributed by atoms with van der Waals surface area (Å²) in [4.78, 5) is 15.6. The lowest BCUT2D eigenvalue weighted by atomic mass is 9.92. The van der Waals surface area contributed by atoms with Gasteiger partial charge in [0.1, 0.15) is 17.9 Å². The van der Waals surface area contributed by atoms with Gasteiger partial charge in [0.05, 0.1) is 24.6 Å². The number of hydrogen-bond donors (Lipinski definition) is 0. The Hall–Kier alpha value is -3.65. The minimum atomic E-state index is -0.368. The summed E-state index contributed by atoms with van der Waals surface area (Å²) in [7, 11) is 3.68. The summed E-state index contributed by atoms with van der Waals surface area (Å²) in [6.45, 7) is 2.06. The first-order valence-electron chi connectivity index (χ1n) is 11.0. The van der Waals surface area contributed by atoms with Gasteiger partial charge in [-0.3, -0.25) is 0 Å². The Balaban J connectivity index is 1.64. The Morgan fingerprint density at radius 3 is 2.70 bits per heavy atom. The average Bonchev–Trinajstić information content (AvgIpc) is 3.35. The molecule has 1 aliphatic heterocycles. The van der Waals surface area contributed by atoms with Crippen LogP contribution in [-0.4, -0.2) is 56.9 Å². The summed E-state index contributed by atoms with van der Waals surface area (Å²) >= 11 is 0. The topological polar surface area (TPSA) is 69.0 Å². The second-order valence-electron chi connectivity index (χ2n) is 8.27. The van der Waals surface area contributed by atoms with Crippen LogP contribution in [0.3, 0.4) is 0 Å². The Labute approximate surface area is 191 Å². The number of piperidine rings is 1. The molecule has 33 heavy (non-hydrogen) atoms. The highest BCUT2D eigenvalue weighted by Crippen LogP contribution is 2.37. The van der Waals surface area contributed by atoms with E-state index in [1.807, 2.05) is 24.4 Å². The molecule has 0 atom stereocenters. The fraction of sp³-hybridized carbons (Fsp3) is 0.280. The number of halogens is 1. The minimum absolute atomic E-state index is 0.355. The number of rotatable bonds is 5. The van der Waals surface area contributed by atoms with Gasteiger partial charge in [-0.05, 0) is 63.3 Å². The molecule has 1 aliphatic rings. The van der Waals surface area contributed by atoms with E-state index in [1.54, 1.807) is 36.3 Å². The van der Waals surface area contributed by atoms with Crippen molar-refractivity contribution in [3.63, 3.8) is 0 Å². The van der Waals surface area contributed by atoms with Gasteiger partial charge in [-0.2, -0.15) is 5.10 Å². The van der Waals surface area contributed by atoms with Crippen molar-refractivity contribution < 1.29 is 9.13 Å². The van der Waals surface area contributed by atoms with Crippen molar-refractivity contribution >= 4 is 0 Å². The van der Waals surface area contributed by atoms with Crippen molar-refractivity contribution in [3.8, 4) is 34.0 Å². The van der Waals surface area contributed by atoms with E-state index in [-0.39, 0.29) is 5.82 Å². The molecule has 5 rings (SSSR count). The first-order chi connectivity index (χ1) is 16.1. The summed E-state index contributed by atoms with van der Waals surface area (Å²) in [5, 5.41) is 4.55. The van der Waals surface area contributed by atoms with Crippen LogP contribution in [-0.2, 0) is 0 Å². The van der Waals surface area contributed by atoms with E-state index in [1.165, 1.54) is 12.4 Å². The van der Waals surface area contributed by atoms with Gasteiger partial charge in [-0.1, -0.05) is 6.07 Å². The average molecular weight is 445 g/mol. The van der Waals surface area contributed by atoms with E-state index in [0.717, 1.165) is 42.9 Å². The van der Waals surface area contributed by atoms with E-state index >= 15 is 4.39 Å². The van der Waals surface area contributed by atoms with E-state index in [0.29, 0.717) is 28.6 Å². The Morgan fingerprint density at radius 1 is 1.09 bits per heavy atom. The molecule has 1 saturated heterocycles. The van der Waals surface area contributed by atoms with Crippen molar-refractivity contribution in [2.24, 2.45) is 0 Å². The summed E-state index contributed by atoms with van der Waals surface area (Å²) in [6, 6.07) is 10.6. The first-order valence-corrected chi connectivity index (χ1v) is 11.0. The van der Waals surface area contributed by atoms with Crippen LogP contribution in [0, 0.1) is 5.82 Å². The van der Waals surface area contributed by atoms with Crippen molar-refractivity contribution in [2.45, 2.75) is 18.8 Å². The Morgan fingerprint density at radius 2 is 1.94 bits per heavy atom. The molecule has 0 amide bonds. The molecule has 7 nitrogen and oxygen atoms in total. The highest BCUT2D eigenvalue weighted by atomic mass is 19.1. The predicted molar refractivity (Wildman–Crippen MR) is 124 cm³/mol. The third kappa shape index (κ3) is 4.21. The lowest BCUT2D eigenvalue weighted by Gasteiger charge is -2.29. The molecule has 0 bridgehead atoms. The fourth-order valence-electron chi connectivity index (χ4n) is 4.33. The number of hydrogen-bond acceptors (Lipinski definition) is 6. The zero-order valence-electron chi connectivity index (χ0n) is 18.6. The van der Waals surface area contributed by atoms with Gasteiger partial charge in [0.2, 0.25) is 0 Å². The first kappa shape index (κ1) is 21.2. The molecule has 0 radical (unpaired) electrons. The third-order valence-corrected chi connectivity index (χ3v) is 6.18. The van der Waals surface area contributed by atoms with Gasteiger partial charge in [0.25, 0.3) is 0 Å². The van der Waals surface area contributed by atoms with E-state index in [9.17, 15) is 0 Å². The van der Waals surface area contributed by atoms with Gasteiger partial charge >= 0.3 is 0 Å². The number of pyridine rings is 1. The van der Waals surface area contributed by atoms with Crippen LogP contribution in [0.4, 0.5) is 4.39 Å². The third-order valence-electron chi connectivity index (χ3n) is 6.18. The number of methoxy groups -OCH3 is 1. The molecular weight excluding hydrogens is 419 g/mol. The summed E-state index contributed by atoms with van der Waals surface area (Å²) in [6.07, 6.45) is 8.86. The fourth-order valence-corrected chi connectivity index (χ4v) is 4.33. The maximum Gasteiger partial charge on any atom is 0.161 e. The van der Waals surface area contributed by atoms with Crippen LogP contribution in [0.25, 0.3) is 28.2 Å². The van der Waals surface area contributed by atoms with Crippen LogP contribution in [0.2, 0.25) is 0 Å². The number of nitrogens with zero attached hydrogens (tertiary/aromatic N) is 6. The molecular formula is C25H25FN6O. The number of likely N-dealkylation sites (tertiary alicyclic amines) is 1. The predicted octanol–water partition coefficient (Wildman–Crippen LogP) is 4.35. The Bertz CT molecular complexity index is 1250. The quantitative estimate of drug-likeness (QED) is 0.456. The summed E-state index contributed by atoms with van der Waals surface area (Å²) in [5.74, 6) is 1.00. The molecule has 1 fully saturated rings. The Kier molecular flexibility index (Phi) is 5.83.